The highest BCUT2D eigenvalue weighted by atomic mass is 16.6. The lowest BCUT2D eigenvalue weighted by Gasteiger charge is -2.15. The van der Waals surface area contributed by atoms with Crippen LogP contribution in [-0.2, 0) is 28.7 Å². The van der Waals surface area contributed by atoms with E-state index in [1.165, 1.54) is 13.8 Å². The third-order valence-corrected chi connectivity index (χ3v) is 2.20. The molecule has 122 valence electrons. The van der Waals surface area contributed by atoms with Gasteiger partial charge in [-0.25, -0.2) is 19.2 Å². The number of carboxylic acid groups (broad SMARTS) is 2. The van der Waals surface area contributed by atoms with E-state index in [0.29, 0.717) is 12.2 Å². The molecule has 0 aromatic rings. The van der Waals surface area contributed by atoms with Crippen LogP contribution in [0.2, 0.25) is 0 Å². The van der Waals surface area contributed by atoms with Crippen LogP contribution in [0.15, 0.2) is 23.3 Å². The molecule has 0 amide bonds. The molecule has 0 spiro atoms. The molecule has 0 rings (SSSR count). The second kappa shape index (κ2) is 9.29. The molecule has 0 saturated heterocycles. The van der Waals surface area contributed by atoms with Crippen LogP contribution in [-0.4, -0.2) is 58.5 Å². The van der Waals surface area contributed by atoms with E-state index >= 15 is 0 Å². The zero-order valence-electron chi connectivity index (χ0n) is 11.9. The van der Waals surface area contributed by atoms with Crippen molar-refractivity contribution in [2.75, 3.05) is 13.2 Å². The minimum atomic E-state index is -1.34. The summed E-state index contributed by atoms with van der Waals surface area (Å²) in [7, 11) is 0. The number of aliphatic hydroxyl groups is 1. The topological polar surface area (TPSA) is 147 Å². The molecule has 0 aliphatic heterocycles. The van der Waals surface area contributed by atoms with E-state index in [1.807, 2.05) is 0 Å². The predicted octanol–water partition coefficient (Wildman–Crippen LogP) is -0.504. The third-order valence-electron chi connectivity index (χ3n) is 2.20. The molecule has 9 heteroatoms. The zero-order valence-corrected chi connectivity index (χ0v) is 11.9. The van der Waals surface area contributed by atoms with Crippen LogP contribution in [0.5, 0.6) is 0 Å². The maximum Gasteiger partial charge on any atom is 0.334 e. The van der Waals surface area contributed by atoms with Gasteiger partial charge in [0, 0.05) is 23.3 Å². The quantitative estimate of drug-likeness (QED) is 0.398. The smallest absolute Gasteiger partial charge is 0.334 e. The molecule has 0 aromatic heterocycles. The Bertz CT molecular complexity index is 516. The molecule has 1 unspecified atom stereocenters. The molecule has 0 heterocycles. The molecular formula is C13H16O9. The Kier molecular flexibility index (Phi) is 8.16. The van der Waals surface area contributed by atoms with Gasteiger partial charge in [-0.1, -0.05) is 0 Å². The minimum absolute atomic E-state index is 0.183. The summed E-state index contributed by atoms with van der Waals surface area (Å²) in [6.45, 7) is 1.25. The molecule has 9 nitrogen and oxygen atoms in total. The number of carboxylic acids is 2. The molecule has 22 heavy (non-hydrogen) atoms. The van der Waals surface area contributed by atoms with Crippen LogP contribution in [0.25, 0.3) is 0 Å². The molecule has 3 N–H and O–H groups in total. The first-order chi connectivity index (χ1) is 10.2. The third kappa shape index (κ3) is 7.80. The molecule has 0 aromatic carbocycles. The summed E-state index contributed by atoms with van der Waals surface area (Å²) in [4.78, 5) is 43.6. The molecule has 0 aliphatic carbocycles. The number of hydrogen-bond donors (Lipinski definition) is 3. The number of hydrogen-bond acceptors (Lipinski definition) is 7. The highest BCUT2D eigenvalue weighted by Gasteiger charge is 2.18. The fourth-order valence-electron chi connectivity index (χ4n) is 1.14. The van der Waals surface area contributed by atoms with Crippen molar-refractivity contribution in [3.8, 4) is 0 Å². The second-order valence-corrected chi connectivity index (χ2v) is 4.14. The molecule has 0 saturated carbocycles. The molecule has 0 radical (unpaired) electrons. The van der Waals surface area contributed by atoms with Gasteiger partial charge >= 0.3 is 23.9 Å². The summed E-state index contributed by atoms with van der Waals surface area (Å²) in [5, 5.41) is 26.0. The Hall–Kier alpha value is -2.68. The number of carbonyl (C=O) groups excluding carboxylic acids is 2. The van der Waals surface area contributed by atoms with Crippen molar-refractivity contribution in [1.82, 2.24) is 0 Å². The SMILES string of the molecule is CC(=CC(=O)O)C(=O)OCC(CO)OC(=O)C(C)=CC(=O)O. The van der Waals surface area contributed by atoms with Crippen molar-refractivity contribution in [3.63, 3.8) is 0 Å². The molecule has 0 aliphatic rings. The summed E-state index contributed by atoms with van der Waals surface area (Å²) < 4.78 is 9.42. The van der Waals surface area contributed by atoms with Crippen LogP contribution in [0.3, 0.4) is 0 Å². The summed E-state index contributed by atoms with van der Waals surface area (Å²) in [6, 6.07) is 0. The van der Waals surface area contributed by atoms with Gasteiger partial charge < -0.3 is 24.8 Å². The highest BCUT2D eigenvalue weighted by Crippen LogP contribution is 2.04. The fourth-order valence-corrected chi connectivity index (χ4v) is 1.14. The van der Waals surface area contributed by atoms with Gasteiger partial charge in [0.15, 0.2) is 6.10 Å². The van der Waals surface area contributed by atoms with Gasteiger partial charge in [0.2, 0.25) is 0 Å². The number of ether oxygens (including phenoxy) is 2. The summed E-state index contributed by atoms with van der Waals surface area (Å²) in [6.07, 6.45) is 0.0658. The summed E-state index contributed by atoms with van der Waals surface area (Å²) in [5.41, 5.74) is -0.392. The maximum atomic E-state index is 11.5. The van der Waals surface area contributed by atoms with Crippen molar-refractivity contribution in [2.24, 2.45) is 0 Å². The van der Waals surface area contributed by atoms with Crippen molar-refractivity contribution in [1.29, 1.82) is 0 Å². The Labute approximate surface area is 125 Å². The average Bonchev–Trinajstić information content (AvgIpc) is 2.40. The monoisotopic (exact) mass is 316 g/mol. The van der Waals surface area contributed by atoms with Crippen LogP contribution in [0.4, 0.5) is 0 Å². The van der Waals surface area contributed by atoms with Crippen molar-refractivity contribution in [3.05, 3.63) is 23.3 Å². The number of rotatable bonds is 8. The molecular weight excluding hydrogens is 300 g/mol. The zero-order chi connectivity index (χ0) is 17.3. The summed E-state index contributed by atoms with van der Waals surface area (Å²) >= 11 is 0. The second-order valence-electron chi connectivity index (χ2n) is 4.14. The Morgan fingerprint density at radius 1 is 0.955 bits per heavy atom. The first-order valence-corrected chi connectivity index (χ1v) is 5.98. The van der Waals surface area contributed by atoms with Crippen molar-refractivity contribution in [2.45, 2.75) is 20.0 Å². The van der Waals surface area contributed by atoms with Crippen LogP contribution >= 0.6 is 0 Å². The first kappa shape index (κ1) is 19.3. The Morgan fingerprint density at radius 3 is 1.82 bits per heavy atom. The van der Waals surface area contributed by atoms with E-state index in [1.54, 1.807) is 0 Å². The Morgan fingerprint density at radius 2 is 1.41 bits per heavy atom. The van der Waals surface area contributed by atoms with E-state index in [0.717, 1.165) is 0 Å². The average molecular weight is 316 g/mol. The highest BCUT2D eigenvalue weighted by molar-refractivity contribution is 5.96. The van der Waals surface area contributed by atoms with E-state index in [9.17, 15) is 19.2 Å². The first-order valence-electron chi connectivity index (χ1n) is 5.98. The molecule has 0 bridgehead atoms. The molecule has 1 atom stereocenters. The number of esters is 2. The lowest BCUT2D eigenvalue weighted by atomic mass is 10.3. The fraction of sp³-hybridized carbons (Fsp3) is 0.385. The number of aliphatic hydroxyl groups excluding tert-OH is 1. The number of carbonyl (C=O) groups is 4. The van der Waals surface area contributed by atoms with Crippen molar-refractivity contribution < 1.29 is 44.0 Å². The van der Waals surface area contributed by atoms with Crippen LogP contribution < -0.4 is 0 Å². The van der Waals surface area contributed by atoms with Gasteiger partial charge in [-0.2, -0.15) is 0 Å². The standard InChI is InChI=1S/C13H16O9/c1-7(3-10(15)16)12(19)21-6-9(5-14)22-13(20)8(2)4-11(17)18/h3-4,9,14H,5-6H2,1-2H3,(H,15,16)(H,17,18). The van der Waals surface area contributed by atoms with Gasteiger partial charge in [0.1, 0.15) is 6.61 Å². The largest absolute Gasteiger partial charge is 0.478 e. The normalized spacial score (nSPS) is 13.2. The van der Waals surface area contributed by atoms with Crippen LogP contribution in [0.1, 0.15) is 13.8 Å². The van der Waals surface area contributed by atoms with Gasteiger partial charge in [0.25, 0.3) is 0 Å². The molecule has 0 fully saturated rings. The minimum Gasteiger partial charge on any atom is -0.478 e. The predicted molar refractivity (Wildman–Crippen MR) is 70.7 cm³/mol. The van der Waals surface area contributed by atoms with E-state index in [-0.39, 0.29) is 11.1 Å². The lowest BCUT2D eigenvalue weighted by molar-refractivity contribution is -0.156. The van der Waals surface area contributed by atoms with Crippen molar-refractivity contribution >= 4 is 23.9 Å². The number of aliphatic carboxylic acids is 2. The van der Waals surface area contributed by atoms with Gasteiger partial charge in [-0.3, -0.25) is 0 Å². The van der Waals surface area contributed by atoms with Crippen LogP contribution in [0, 0.1) is 0 Å². The lowest BCUT2D eigenvalue weighted by Crippen LogP contribution is -2.29. The summed E-state index contributed by atoms with van der Waals surface area (Å²) in [5.74, 6) is -4.60. The van der Waals surface area contributed by atoms with Gasteiger partial charge in [-0.05, 0) is 13.8 Å². The van der Waals surface area contributed by atoms with Gasteiger partial charge in [0.05, 0.1) is 6.61 Å². The van der Waals surface area contributed by atoms with E-state index < -0.39 is 43.2 Å². The Balaban J connectivity index is 4.57. The van der Waals surface area contributed by atoms with Gasteiger partial charge in [-0.15, -0.1) is 0 Å². The van der Waals surface area contributed by atoms with E-state index in [2.05, 4.69) is 4.74 Å². The maximum absolute atomic E-state index is 11.5. The van der Waals surface area contributed by atoms with E-state index in [4.69, 9.17) is 20.1 Å².